The minimum absolute atomic E-state index is 0.117. The van der Waals surface area contributed by atoms with Gasteiger partial charge in [-0.1, -0.05) is 72.8 Å². The third-order valence-electron chi connectivity index (χ3n) is 10.2. The number of fused-ring (bicyclic) bond motifs is 6. The van der Waals surface area contributed by atoms with E-state index in [4.69, 9.17) is 28.7 Å². The number of hydrogen-bond acceptors (Lipinski definition) is 9. The Morgan fingerprint density at radius 1 is 0.774 bits per heavy atom. The van der Waals surface area contributed by atoms with E-state index in [0.29, 0.717) is 63.9 Å². The average Bonchev–Trinajstić information content (AvgIpc) is 3.74. The van der Waals surface area contributed by atoms with Crippen LogP contribution in [0.2, 0.25) is 0 Å². The summed E-state index contributed by atoms with van der Waals surface area (Å²) in [6.07, 6.45) is 1.83. The topological polar surface area (TPSA) is 95.9 Å². The molecule has 0 bridgehead atoms. The van der Waals surface area contributed by atoms with Crippen LogP contribution in [0.1, 0.15) is 45.7 Å². The predicted molar refractivity (Wildman–Crippen MR) is 202 cm³/mol. The lowest BCUT2D eigenvalue weighted by atomic mass is 9.76. The highest BCUT2D eigenvalue weighted by Crippen LogP contribution is 2.60. The first-order valence-corrected chi connectivity index (χ1v) is 17.4. The fraction of sp³-hybridized carbons (Fsp3) is 0.159. The number of para-hydroxylation sites is 2. The van der Waals surface area contributed by atoms with Crippen molar-refractivity contribution in [1.29, 1.82) is 0 Å². The van der Waals surface area contributed by atoms with Crippen molar-refractivity contribution in [2.45, 2.75) is 25.0 Å². The molecule has 0 amide bonds. The van der Waals surface area contributed by atoms with E-state index >= 15 is 0 Å². The zero-order valence-corrected chi connectivity index (χ0v) is 29.1. The number of carbonyl (C=O) groups is 2. The molecule has 6 aromatic rings. The molecular weight excluding hydrogens is 668 g/mol. The van der Waals surface area contributed by atoms with Gasteiger partial charge in [0.2, 0.25) is 12.5 Å². The van der Waals surface area contributed by atoms with E-state index < -0.39 is 17.1 Å². The monoisotopic (exact) mass is 702 g/mol. The SMILES string of the molecule is CC1(C)c2c(ccc3c2OCO3)N(CCOc2ccccc2)C12C=Nc1c(c(C(=O)c3ccccc3)cc3cc(C(=O)Oc4ccccc4)ccc13)O2. The van der Waals surface area contributed by atoms with Crippen LogP contribution in [0.15, 0.2) is 132 Å². The molecule has 0 saturated heterocycles. The molecule has 9 nitrogen and oxygen atoms in total. The van der Waals surface area contributed by atoms with E-state index in [1.54, 1.807) is 54.6 Å². The molecule has 6 aromatic carbocycles. The van der Waals surface area contributed by atoms with E-state index in [2.05, 4.69) is 18.7 Å². The summed E-state index contributed by atoms with van der Waals surface area (Å²) in [4.78, 5) is 35.0. The molecule has 3 aliphatic heterocycles. The zero-order valence-electron chi connectivity index (χ0n) is 29.1. The smallest absolute Gasteiger partial charge is 0.343 e. The molecule has 0 radical (unpaired) electrons. The first-order valence-electron chi connectivity index (χ1n) is 17.4. The van der Waals surface area contributed by atoms with Crippen LogP contribution in [0.4, 0.5) is 11.4 Å². The van der Waals surface area contributed by atoms with Gasteiger partial charge in [-0.3, -0.25) is 9.79 Å². The second kappa shape index (κ2) is 12.6. The van der Waals surface area contributed by atoms with Crippen LogP contribution in [0.3, 0.4) is 0 Å². The fourth-order valence-electron chi connectivity index (χ4n) is 7.59. The fourth-order valence-corrected chi connectivity index (χ4v) is 7.59. The van der Waals surface area contributed by atoms with Gasteiger partial charge in [0.1, 0.15) is 23.8 Å². The van der Waals surface area contributed by atoms with Gasteiger partial charge in [-0.15, -0.1) is 0 Å². The molecule has 9 rings (SSSR count). The number of nitrogens with zero attached hydrogens (tertiary/aromatic N) is 2. The van der Waals surface area contributed by atoms with Gasteiger partial charge >= 0.3 is 5.97 Å². The number of anilines is 1. The van der Waals surface area contributed by atoms with Crippen molar-refractivity contribution in [3.8, 4) is 28.7 Å². The molecule has 0 aromatic heterocycles. The first-order chi connectivity index (χ1) is 25.8. The second-order valence-corrected chi connectivity index (χ2v) is 13.6. The molecule has 1 spiro atoms. The molecular formula is C44H34N2O7. The summed E-state index contributed by atoms with van der Waals surface area (Å²) in [7, 11) is 0. The number of benzene rings is 6. The summed E-state index contributed by atoms with van der Waals surface area (Å²) in [6, 6.07) is 38.6. The normalized spacial score (nSPS) is 17.3. The summed E-state index contributed by atoms with van der Waals surface area (Å²) in [6.45, 7) is 5.07. The molecule has 1 unspecified atom stereocenters. The number of hydrogen-bond donors (Lipinski definition) is 0. The van der Waals surface area contributed by atoms with Gasteiger partial charge in [-0.05, 0) is 73.8 Å². The Morgan fingerprint density at radius 2 is 1.49 bits per heavy atom. The lowest BCUT2D eigenvalue weighted by Gasteiger charge is -2.46. The quantitative estimate of drug-likeness (QED) is 0.0884. The van der Waals surface area contributed by atoms with E-state index in [0.717, 1.165) is 22.4 Å². The molecule has 0 N–H and O–H groups in total. The van der Waals surface area contributed by atoms with Gasteiger partial charge in [0.05, 0.1) is 29.3 Å². The number of esters is 1. The van der Waals surface area contributed by atoms with Crippen LogP contribution in [0.25, 0.3) is 10.8 Å². The number of rotatable bonds is 8. The Kier molecular flexibility index (Phi) is 7.66. The maximum Gasteiger partial charge on any atom is 0.343 e. The van der Waals surface area contributed by atoms with Crippen molar-refractivity contribution >= 4 is 40.1 Å². The Morgan fingerprint density at radius 3 is 2.25 bits per heavy atom. The van der Waals surface area contributed by atoms with E-state index in [-0.39, 0.29) is 12.6 Å². The second-order valence-electron chi connectivity index (χ2n) is 13.6. The van der Waals surface area contributed by atoms with Gasteiger partial charge < -0.3 is 28.6 Å². The van der Waals surface area contributed by atoms with Crippen LogP contribution in [-0.2, 0) is 5.41 Å². The van der Waals surface area contributed by atoms with Crippen molar-refractivity contribution in [3.63, 3.8) is 0 Å². The Bertz CT molecular complexity index is 2430. The van der Waals surface area contributed by atoms with Crippen molar-refractivity contribution < 1.29 is 33.3 Å². The summed E-state index contributed by atoms with van der Waals surface area (Å²) >= 11 is 0. The van der Waals surface area contributed by atoms with E-state index in [1.807, 2.05) is 79.0 Å². The van der Waals surface area contributed by atoms with Gasteiger partial charge in [0, 0.05) is 22.2 Å². The molecule has 53 heavy (non-hydrogen) atoms. The third-order valence-corrected chi connectivity index (χ3v) is 10.2. The maximum atomic E-state index is 14.5. The van der Waals surface area contributed by atoms with Crippen molar-refractivity contribution in [2.24, 2.45) is 4.99 Å². The largest absolute Gasteiger partial charge is 0.492 e. The highest BCUT2D eigenvalue weighted by Gasteiger charge is 2.62. The van der Waals surface area contributed by atoms with Gasteiger partial charge in [-0.25, -0.2) is 4.79 Å². The van der Waals surface area contributed by atoms with Gasteiger partial charge in [0.15, 0.2) is 23.0 Å². The Balaban J connectivity index is 1.18. The summed E-state index contributed by atoms with van der Waals surface area (Å²) in [5, 5.41) is 1.37. The lowest BCUT2D eigenvalue weighted by molar-refractivity contribution is 0.0716. The Hall–Kier alpha value is -6.61. The number of carbonyl (C=O) groups excluding carboxylic acids is 2. The van der Waals surface area contributed by atoms with E-state index in [1.165, 1.54) is 0 Å². The molecule has 1 atom stereocenters. The minimum Gasteiger partial charge on any atom is -0.492 e. The molecule has 9 heteroatoms. The standard InChI is InChI=1S/C44H34N2O7/c1-43(2)37-35(20-21-36-41(37)51-27-50-36)46(22-23-49-31-14-8-4-9-15-31)44(43)26-45-38-33-19-18-29(42(48)52-32-16-10-5-11-17-32)24-30(33)25-34(40(38)53-44)39(47)28-12-6-3-7-13-28/h3-21,24-26H,22-23,27H2,1-2H3. The van der Waals surface area contributed by atoms with Crippen LogP contribution in [0.5, 0.6) is 28.7 Å². The highest BCUT2D eigenvalue weighted by atomic mass is 16.7. The average molecular weight is 703 g/mol. The lowest BCUT2D eigenvalue weighted by Crippen LogP contribution is -2.63. The van der Waals surface area contributed by atoms with Crippen LogP contribution in [0, 0.1) is 0 Å². The third kappa shape index (κ3) is 5.27. The predicted octanol–water partition coefficient (Wildman–Crippen LogP) is 8.69. The number of aliphatic imine (C=N–C) groups is 1. The first kappa shape index (κ1) is 32.3. The van der Waals surface area contributed by atoms with Gasteiger partial charge in [-0.2, -0.15) is 0 Å². The van der Waals surface area contributed by atoms with Crippen LogP contribution in [-0.4, -0.2) is 43.6 Å². The number of ether oxygens (including phenoxy) is 5. The molecule has 3 heterocycles. The van der Waals surface area contributed by atoms with Crippen LogP contribution < -0.4 is 28.6 Å². The van der Waals surface area contributed by atoms with Crippen molar-refractivity contribution in [2.75, 3.05) is 24.8 Å². The van der Waals surface area contributed by atoms with Crippen LogP contribution >= 0.6 is 0 Å². The van der Waals surface area contributed by atoms with E-state index in [9.17, 15) is 9.59 Å². The number of ketones is 1. The summed E-state index contributed by atoms with van der Waals surface area (Å²) < 4.78 is 31.0. The molecule has 0 saturated carbocycles. The zero-order chi connectivity index (χ0) is 36.2. The maximum absolute atomic E-state index is 14.5. The molecule has 0 aliphatic carbocycles. The molecule has 0 fully saturated rings. The summed E-state index contributed by atoms with van der Waals surface area (Å²) in [5.41, 5.74) is 1.48. The molecule has 262 valence electrons. The van der Waals surface area contributed by atoms with Crippen molar-refractivity contribution in [3.05, 3.63) is 150 Å². The molecule has 3 aliphatic rings. The highest BCUT2D eigenvalue weighted by molar-refractivity contribution is 6.16. The minimum atomic E-state index is -1.21. The Labute approximate surface area is 306 Å². The van der Waals surface area contributed by atoms with Crippen molar-refractivity contribution in [1.82, 2.24) is 0 Å². The summed E-state index contributed by atoms with van der Waals surface area (Å²) in [5.74, 6) is 2.11. The van der Waals surface area contributed by atoms with Gasteiger partial charge in [0.25, 0.3) is 0 Å².